The molecule has 6 rings (SSSR count). The summed E-state index contributed by atoms with van der Waals surface area (Å²) in [4.78, 5) is 12.6. The van der Waals surface area contributed by atoms with Crippen molar-refractivity contribution in [2.24, 2.45) is 5.92 Å². The molecule has 0 amide bonds. The number of rotatable bonds is 1. The fourth-order valence-electron chi connectivity index (χ4n) is 5.88. The Hall–Kier alpha value is -1.74. The fraction of sp³-hybridized carbons (Fsp3) is 0.375. The van der Waals surface area contributed by atoms with Crippen molar-refractivity contribution >= 4 is 18.4 Å². The molecule has 0 aromatic heterocycles. The van der Waals surface area contributed by atoms with Gasteiger partial charge >= 0.3 is 29.6 Å². The number of piperidine rings is 1. The first kappa shape index (κ1) is 25.9. The van der Waals surface area contributed by atoms with Crippen LogP contribution in [0.4, 0.5) is 0 Å². The van der Waals surface area contributed by atoms with E-state index in [-0.39, 0.29) is 70.5 Å². The van der Waals surface area contributed by atoms with Crippen LogP contribution in [0.1, 0.15) is 27.9 Å². The van der Waals surface area contributed by atoms with E-state index in [0.717, 1.165) is 19.4 Å². The molecule has 170 valence electrons. The molecular formula is C24H25ClNNaO6. The molecule has 1 saturated heterocycles. The van der Waals surface area contributed by atoms with Crippen LogP contribution >= 0.6 is 12.4 Å². The zero-order valence-electron chi connectivity index (χ0n) is 18.5. The van der Waals surface area contributed by atoms with E-state index in [4.69, 9.17) is 9.84 Å². The summed E-state index contributed by atoms with van der Waals surface area (Å²) in [5, 5.41) is 39.7. The number of aliphatic hydroxyl groups is 1. The Kier molecular flexibility index (Phi) is 7.44. The van der Waals surface area contributed by atoms with E-state index in [1.807, 2.05) is 12.1 Å². The van der Waals surface area contributed by atoms with Crippen molar-refractivity contribution in [2.75, 3.05) is 13.6 Å². The van der Waals surface area contributed by atoms with E-state index in [1.165, 1.54) is 29.3 Å². The largest absolute Gasteiger partial charge is 1.00 e. The molecule has 33 heavy (non-hydrogen) atoms. The quantitative estimate of drug-likeness (QED) is 0.331. The third-order valence-electron chi connectivity index (χ3n) is 7.27. The van der Waals surface area contributed by atoms with Crippen molar-refractivity contribution in [3.8, 4) is 17.2 Å². The van der Waals surface area contributed by atoms with Gasteiger partial charge in [-0.05, 0) is 50.2 Å². The number of hydrogen-bond acceptors (Lipinski definition) is 7. The molecule has 4 aliphatic rings. The van der Waals surface area contributed by atoms with Crippen LogP contribution in [0.15, 0.2) is 48.6 Å². The Labute approximate surface area is 220 Å². The summed E-state index contributed by atoms with van der Waals surface area (Å²) in [6, 6.07) is 9.87. The Bertz CT molecular complexity index is 1090. The van der Waals surface area contributed by atoms with Gasteiger partial charge in [0, 0.05) is 28.5 Å². The zero-order chi connectivity index (χ0) is 21.9. The second-order valence-electron chi connectivity index (χ2n) is 8.73. The number of aromatic hydroxyl groups is 2. The van der Waals surface area contributed by atoms with Gasteiger partial charge < -0.3 is 34.9 Å². The van der Waals surface area contributed by atoms with Gasteiger partial charge in [-0.15, -0.1) is 12.4 Å². The molecule has 2 aromatic rings. The number of phenolic OH excluding ortho intramolecular Hbond substituents is 1. The van der Waals surface area contributed by atoms with Crippen molar-refractivity contribution in [3.05, 3.63) is 65.2 Å². The minimum atomic E-state index is -1.36. The first-order valence-electron chi connectivity index (χ1n) is 10.4. The van der Waals surface area contributed by atoms with Crippen molar-refractivity contribution in [1.29, 1.82) is 0 Å². The summed E-state index contributed by atoms with van der Waals surface area (Å²) in [6.07, 6.45) is 5.18. The van der Waals surface area contributed by atoms with E-state index in [2.05, 4.69) is 18.0 Å². The van der Waals surface area contributed by atoms with Crippen LogP contribution in [-0.2, 0) is 11.8 Å². The van der Waals surface area contributed by atoms with Crippen LogP contribution in [0.3, 0.4) is 0 Å². The number of aromatic carboxylic acids is 1. The van der Waals surface area contributed by atoms with Gasteiger partial charge in [0.15, 0.2) is 11.5 Å². The van der Waals surface area contributed by atoms with Gasteiger partial charge in [-0.25, -0.2) is 0 Å². The van der Waals surface area contributed by atoms with Crippen molar-refractivity contribution in [2.45, 2.75) is 36.5 Å². The molecule has 0 radical (unpaired) electrons. The van der Waals surface area contributed by atoms with Crippen LogP contribution in [0, 0.1) is 5.92 Å². The van der Waals surface area contributed by atoms with Gasteiger partial charge in [0.05, 0.1) is 5.97 Å². The smallest absolute Gasteiger partial charge is 0.545 e. The number of phenols is 2. The average Bonchev–Trinajstić information content (AvgIpc) is 3.10. The van der Waals surface area contributed by atoms with E-state index < -0.39 is 12.1 Å². The molecule has 1 fully saturated rings. The minimum Gasteiger partial charge on any atom is -0.545 e. The van der Waals surface area contributed by atoms with Gasteiger partial charge in [-0.2, -0.15) is 0 Å². The molecule has 9 heteroatoms. The number of hydrogen-bond donors (Lipinski definition) is 3. The number of halogens is 1. The monoisotopic (exact) mass is 481 g/mol. The number of likely N-dealkylation sites (N-methyl/N-ethyl adjacent to an activating group) is 1. The second-order valence-corrected chi connectivity index (χ2v) is 8.73. The summed E-state index contributed by atoms with van der Waals surface area (Å²) in [6.45, 7) is 1.01. The van der Waals surface area contributed by atoms with Crippen molar-refractivity contribution < 1.29 is 59.5 Å². The first-order chi connectivity index (χ1) is 14.8. The van der Waals surface area contributed by atoms with Crippen LogP contribution < -0.4 is 39.4 Å². The molecule has 2 bridgehead atoms. The third-order valence-corrected chi connectivity index (χ3v) is 7.27. The number of likely N-dealkylation sites (tertiary alicyclic amines) is 1. The molecule has 2 heterocycles. The van der Waals surface area contributed by atoms with Gasteiger partial charge in [0.25, 0.3) is 0 Å². The molecule has 1 spiro atoms. The maximum Gasteiger partial charge on any atom is 1.00 e. The topological polar surface area (TPSA) is 113 Å². The number of benzene rings is 2. The van der Waals surface area contributed by atoms with Gasteiger partial charge in [0.2, 0.25) is 0 Å². The number of carboxylic acid groups (broad SMARTS) is 1. The summed E-state index contributed by atoms with van der Waals surface area (Å²) in [7, 11) is 2.19. The maximum atomic E-state index is 10.4. The SMILES string of the molecule is CN1CC[C@]23c4c5ccc(O)c4O[C@H]2[C@@H](O)C=C[C@H]3[C@H]1C5.Cl.O=C([O-])c1ccccc1O.[Na+]. The molecular weight excluding hydrogens is 457 g/mol. The molecule has 0 saturated carbocycles. The number of ether oxygens (including phenoxy) is 1. The Morgan fingerprint density at radius 2 is 1.88 bits per heavy atom. The van der Waals surface area contributed by atoms with E-state index in [9.17, 15) is 20.1 Å². The maximum absolute atomic E-state index is 10.4. The standard InChI is InChI=1S/C17H19NO3.C7H6O3.ClH.Na/c1-18-7-6-17-10-3-5-13(20)16(17)21-15-12(19)4-2-9(14(15)17)8-11(10)18;8-6-4-2-1-3-5(6)7(9)10;;/h2-5,10-11,13,16,19-20H,6-8H2,1H3;1-4,8H,(H,9,10);1H;/q;;;+1/p-1/t10-,11+,13-,16-,17-;;;/m0.../s1. The fourth-order valence-corrected chi connectivity index (χ4v) is 5.88. The molecule has 2 aliphatic heterocycles. The van der Waals surface area contributed by atoms with Crippen molar-refractivity contribution in [1.82, 2.24) is 4.90 Å². The van der Waals surface area contributed by atoms with E-state index in [0.29, 0.717) is 17.7 Å². The molecule has 3 N–H and O–H groups in total. The summed E-state index contributed by atoms with van der Waals surface area (Å²) in [5.41, 5.74) is 2.11. The molecule has 7 nitrogen and oxygen atoms in total. The number of aliphatic hydroxyl groups excluding tert-OH is 1. The number of carbonyl (C=O) groups excluding carboxylic acids is 1. The predicted octanol–water partition coefficient (Wildman–Crippen LogP) is -1.62. The summed E-state index contributed by atoms with van der Waals surface area (Å²) in [5.74, 6) is -0.435. The zero-order valence-corrected chi connectivity index (χ0v) is 21.3. The van der Waals surface area contributed by atoms with Crippen molar-refractivity contribution in [3.63, 3.8) is 0 Å². The molecule has 5 atom stereocenters. The van der Waals surface area contributed by atoms with Crippen LogP contribution in [-0.4, -0.2) is 58.0 Å². The van der Waals surface area contributed by atoms with Gasteiger partial charge in [-0.3, -0.25) is 0 Å². The predicted molar refractivity (Wildman–Crippen MR) is 117 cm³/mol. The minimum absolute atomic E-state index is 0. The molecule has 2 aliphatic carbocycles. The van der Waals surface area contributed by atoms with Crippen LogP contribution in [0.2, 0.25) is 0 Å². The van der Waals surface area contributed by atoms with Crippen LogP contribution in [0.5, 0.6) is 17.2 Å². The number of nitrogens with zero attached hydrogens (tertiary/aromatic N) is 1. The average molecular weight is 482 g/mol. The third kappa shape index (κ3) is 3.85. The summed E-state index contributed by atoms with van der Waals surface area (Å²) >= 11 is 0. The Morgan fingerprint density at radius 1 is 1.15 bits per heavy atom. The van der Waals surface area contributed by atoms with Gasteiger partial charge in [0.1, 0.15) is 18.0 Å². The van der Waals surface area contributed by atoms with Crippen LogP contribution in [0.25, 0.3) is 0 Å². The Morgan fingerprint density at radius 3 is 2.55 bits per heavy atom. The number of para-hydroxylation sites is 1. The van der Waals surface area contributed by atoms with E-state index >= 15 is 0 Å². The Balaban J connectivity index is 0.000000220. The molecule has 0 unspecified atom stereocenters. The van der Waals surface area contributed by atoms with Gasteiger partial charge in [-0.1, -0.05) is 30.4 Å². The first-order valence-corrected chi connectivity index (χ1v) is 10.4. The normalized spacial score (nSPS) is 29.9. The number of carboxylic acids is 1. The number of carbonyl (C=O) groups is 1. The molecule has 2 aromatic carbocycles. The van der Waals surface area contributed by atoms with E-state index in [1.54, 1.807) is 12.1 Å². The second kappa shape index (κ2) is 9.49. The summed E-state index contributed by atoms with van der Waals surface area (Å²) < 4.78 is 6.09.